The largest absolute Gasteiger partial charge is 0.493 e. The number of rotatable bonds is 5. The Morgan fingerprint density at radius 2 is 1.57 bits per heavy atom. The summed E-state index contributed by atoms with van der Waals surface area (Å²) in [7, 11) is 3.27. The highest BCUT2D eigenvalue weighted by Gasteiger charge is 2.17. The predicted octanol–water partition coefficient (Wildman–Crippen LogP) is 4.90. The molecule has 0 radical (unpaired) electrons. The maximum absolute atomic E-state index is 6.66. The van der Waals surface area contributed by atoms with E-state index in [2.05, 4.69) is 31.2 Å². The Labute approximate surface area is 131 Å². The Kier molecular flexibility index (Phi) is 5.13. The molecule has 2 nitrogen and oxygen atoms in total. The molecule has 0 bridgehead atoms. The maximum Gasteiger partial charge on any atom is 0.161 e. The number of methoxy groups -OCH3 is 2. The van der Waals surface area contributed by atoms with Gasteiger partial charge < -0.3 is 9.47 Å². The molecule has 21 heavy (non-hydrogen) atoms. The van der Waals surface area contributed by atoms with Crippen molar-refractivity contribution in [2.45, 2.75) is 25.6 Å². The molecule has 0 spiro atoms. The number of halogens is 1. The molecule has 0 aliphatic heterocycles. The van der Waals surface area contributed by atoms with Crippen molar-refractivity contribution in [3.05, 3.63) is 58.7 Å². The predicted molar refractivity (Wildman–Crippen MR) is 87.8 cm³/mol. The lowest BCUT2D eigenvalue weighted by Gasteiger charge is -2.17. The molecule has 2 aromatic carbocycles. The van der Waals surface area contributed by atoms with Crippen LogP contribution in [0.3, 0.4) is 0 Å². The fraction of sp³-hybridized carbons (Fsp3) is 0.333. The second-order valence-corrected chi connectivity index (χ2v) is 5.46. The number of ether oxygens (including phenoxy) is 2. The van der Waals surface area contributed by atoms with E-state index in [1.807, 2.05) is 19.1 Å². The first-order valence-electron chi connectivity index (χ1n) is 7.06. The third-order valence-corrected chi connectivity index (χ3v) is 4.21. The monoisotopic (exact) mass is 304 g/mol. The Morgan fingerprint density at radius 3 is 2.10 bits per heavy atom. The summed E-state index contributed by atoms with van der Waals surface area (Å²) >= 11 is 6.66. The SMILES string of the molecule is CCc1ccc(C(Cl)c2cc(OC)c(OC)cc2C)cc1. The number of hydrogen-bond acceptors (Lipinski definition) is 2. The highest BCUT2D eigenvalue weighted by atomic mass is 35.5. The molecule has 0 saturated carbocycles. The van der Waals surface area contributed by atoms with Gasteiger partial charge in [0.05, 0.1) is 19.6 Å². The molecule has 0 aliphatic carbocycles. The van der Waals surface area contributed by atoms with E-state index in [1.165, 1.54) is 5.56 Å². The summed E-state index contributed by atoms with van der Waals surface area (Å²) in [4.78, 5) is 0. The van der Waals surface area contributed by atoms with Gasteiger partial charge in [0.1, 0.15) is 0 Å². The Hall–Kier alpha value is -1.67. The van der Waals surface area contributed by atoms with Gasteiger partial charge >= 0.3 is 0 Å². The van der Waals surface area contributed by atoms with E-state index in [4.69, 9.17) is 21.1 Å². The van der Waals surface area contributed by atoms with Crippen LogP contribution >= 0.6 is 11.6 Å². The van der Waals surface area contributed by atoms with Gasteiger partial charge in [-0.25, -0.2) is 0 Å². The molecule has 0 aromatic heterocycles. The van der Waals surface area contributed by atoms with E-state index in [0.717, 1.165) is 28.9 Å². The van der Waals surface area contributed by atoms with E-state index < -0.39 is 0 Å². The van der Waals surface area contributed by atoms with Gasteiger partial charge in [-0.05, 0) is 47.7 Å². The van der Waals surface area contributed by atoms with Crippen molar-refractivity contribution >= 4 is 11.6 Å². The van der Waals surface area contributed by atoms with E-state index in [0.29, 0.717) is 5.75 Å². The highest BCUT2D eigenvalue weighted by Crippen LogP contribution is 2.37. The maximum atomic E-state index is 6.66. The van der Waals surface area contributed by atoms with Crippen LogP contribution in [0.1, 0.15) is 34.6 Å². The van der Waals surface area contributed by atoms with Gasteiger partial charge in [-0.3, -0.25) is 0 Å². The lowest BCUT2D eigenvalue weighted by molar-refractivity contribution is 0.354. The van der Waals surface area contributed by atoms with Gasteiger partial charge in [-0.15, -0.1) is 11.6 Å². The Bertz CT molecular complexity index is 605. The highest BCUT2D eigenvalue weighted by molar-refractivity contribution is 6.22. The van der Waals surface area contributed by atoms with E-state index in [1.54, 1.807) is 14.2 Å². The van der Waals surface area contributed by atoms with Gasteiger partial charge in [0.25, 0.3) is 0 Å². The molecule has 0 N–H and O–H groups in total. The normalized spacial score (nSPS) is 12.0. The van der Waals surface area contributed by atoms with Gasteiger partial charge in [0.2, 0.25) is 0 Å². The summed E-state index contributed by atoms with van der Waals surface area (Å²) in [5.41, 5.74) is 4.53. The molecule has 2 rings (SSSR count). The zero-order chi connectivity index (χ0) is 15.4. The first kappa shape index (κ1) is 15.7. The minimum atomic E-state index is -0.198. The van der Waals surface area contributed by atoms with Crippen LogP contribution in [0, 0.1) is 6.92 Å². The number of benzene rings is 2. The van der Waals surface area contributed by atoms with E-state index >= 15 is 0 Å². The Balaban J connectivity index is 2.39. The quantitative estimate of drug-likeness (QED) is 0.731. The number of aryl methyl sites for hydroxylation is 2. The van der Waals surface area contributed by atoms with Crippen molar-refractivity contribution in [1.29, 1.82) is 0 Å². The van der Waals surface area contributed by atoms with Crippen LogP contribution < -0.4 is 9.47 Å². The van der Waals surface area contributed by atoms with Crippen LogP contribution in [0.5, 0.6) is 11.5 Å². The van der Waals surface area contributed by atoms with Crippen molar-refractivity contribution in [3.8, 4) is 11.5 Å². The molecule has 0 fully saturated rings. The average Bonchev–Trinajstić information content (AvgIpc) is 2.54. The third-order valence-electron chi connectivity index (χ3n) is 3.73. The molecule has 0 heterocycles. The third kappa shape index (κ3) is 3.33. The summed E-state index contributed by atoms with van der Waals surface area (Å²) in [6, 6.07) is 12.4. The molecule has 2 aromatic rings. The standard InChI is InChI=1S/C18H21ClO2/c1-5-13-6-8-14(9-7-13)18(19)15-11-17(21-4)16(20-3)10-12(15)2/h6-11,18H,5H2,1-4H3. The first-order valence-corrected chi connectivity index (χ1v) is 7.49. The smallest absolute Gasteiger partial charge is 0.161 e. The fourth-order valence-electron chi connectivity index (χ4n) is 2.37. The lowest BCUT2D eigenvalue weighted by Crippen LogP contribution is -2.00. The van der Waals surface area contributed by atoms with Crippen molar-refractivity contribution in [2.75, 3.05) is 14.2 Å². The summed E-state index contributed by atoms with van der Waals surface area (Å²) in [5.74, 6) is 1.43. The van der Waals surface area contributed by atoms with Gasteiger partial charge in [0.15, 0.2) is 11.5 Å². The van der Waals surface area contributed by atoms with Crippen molar-refractivity contribution in [3.63, 3.8) is 0 Å². The Morgan fingerprint density at radius 1 is 1.00 bits per heavy atom. The summed E-state index contributed by atoms with van der Waals surface area (Å²) < 4.78 is 10.7. The van der Waals surface area contributed by atoms with Crippen LogP contribution in [0.15, 0.2) is 36.4 Å². The van der Waals surface area contributed by atoms with Crippen LogP contribution in [0.25, 0.3) is 0 Å². The molecule has 1 atom stereocenters. The van der Waals surface area contributed by atoms with Crippen LogP contribution in [-0.2, 0) is 6.42 Å². The van der Waals surface area contributed by atoms with Crippen molar-refractivity contribution < 1.29 is 9.47 Å². The van der Waals surface area contributed by atoms with E-state index in [-0.39, 0.29) is 5.38 Å². The summed E-state index contributed by atoms with van der Waals surface area (Å²) in [6.45, 7) is 4.18. The molecule has 1 unspecified atom stereocenters. The van der Waals surface area contributed by atoms with E-state index in [9.17, 15) is 0 Å². The number of hydrogen-bond donors (Lipinski definition) is 0. The number of alkyl halides is 1. The van der Waals surface area contributed by atoms with Crippen LogP contribution in [0.4, 0.5) is 0 Å². The summed E-state index contributed by atoms with van der Waals surface area (Å²) in [6.07, 6.45) is 1.03. The van der Waals surface area contributed by atoms with Crippen molar-refractivity contribution in [1.82, 2.24) is 0 Å². The second kappa shape index (κ2) is 6.86. The zero-order valence-electron chi connectivity index (χ0n) is 12.9. The fourth-order valence-corrected chi connectivity index (χ4v) is 2.75. The first-order chi connectivity index (χ1) is 10.1. The minimum absolute atomic E-state index is 0.198. The summed E-state index contributed by atoms with van der Waals surface area (Å²) in [5, 5.41) is -0.198. The minimum Gasteiger partial charge on any atom is -0.493 e. The molecule has 0 aliphatic rings. The molecule has 3 heteroatoms. The molecule has 0 saturated heterocycles. The van der Waals surface area contributed by atoms with Gasteiger partial charge in [-0.2, -0.15) is 0 Å². The molecular formula is C18H21ClO2. The molecule has 112 valence electrons. The van der Waals surface area contributed by atoms with Gasteiger partial charge in [0, 0.05) is 0 Å². The molecule has 0 amide bonds. The zero-order valence-corrected chi connectivity index (χ0v) is 13.7. The van der Waals surface area contributed by atoms with Crippen molar-refractivity contribution in [2.24, 2.45) is 0 Å². The van der Waals surface area contributed by atoms with Crippen LogP contribution in [-0.4, -0.2) is 14.2 Å². The van der Waals surface area contributed by atoms with Crippen LogP contribution in [0.2, 0.25) is 0 Å². The molecular weight excluding hydrogens is 284 g/mol. The lowest BCUT2D eigenvalue weighted by atomic mass is 9.98. The van der Waals surface area contributed by atoms with Gasteiger partial charge in [-0.1, -0.05) is 31.2 Å². The second-order valence-electron chi connectivity index (χ2n) is 5.02. The topological polar surface area (TPSA) is 18.5 Å². The average molecular weight is 305 g/mol.